The first-order valence-corrected chi connectivity index (χ1v) is 7.67. The summed E-state index contributed by atoms with van der Waals surface area (Å²) in [6.45, 7) is 2.40. The quantitative estimate of drug-likeness (QED) is 0.848. The topological polar surface area (TPSA) is 64.4 Å². The molecule has 1 aromatic rings. The lowest BCUT2D eigenvalue weighted by molar-refractivity contribution is -0.133. The highest BCUT2D eigenvalue weighted by Crippen LogP contribution is 2.09. The maximum atomic E-state index is 12.3. The molecule has 0 saturated carbocycles. The molecule has 0 atom stereocenters. The van der Waals surface area contributed by atoms with Crippen molar-refractivity contribution in [2.24, 2.45) is 0 Å². The molecule has 0 N–H and O–H groups in total. The number of benzene rings is 1. The first-order valence-electron chi connectivity index (χ1n) is 7.67. The third-order valence-corrected chi connectivity index (χ3v) is 3.90. The summed E-state index contributed by atoms with van der Waals surface area (Å²) >= 11 is 0. The fourth-order valence-corrected chi connectivity index (χ4v) is 2.65. The van der Waals surface area contributed by atoms with Crippen molar-refractivity contribution in [3.63, 3.8) is 0 Å². The van der Waals surface area contributed by atoms with Gasteiger partial charge in [-0.25, -0.2) is 0 Å². The number of carbonyl (C=O) groups is 2. The van der Waals surface area contributed by atoms with E-state index in [1.165, 1.54) is 0 Å². The first kappa shape index (κ1) is 16.0. The Morgan fingerprint density at radius 1 is 1.00 bits per heavy atom. The number of nitrogens with zero attached hydrogens (tertiary/aromatic N) is 3. The van der Waals surface area contributed by atoms with E-state index in [4.69, 9.17) is 5.26 Å². The van der Waals surface area contributed by atoms with E-state index >= 15 is 0 Å². The molecule has 5 heteroatoms. The highest BCUT2D eigenvalue weighted by Gasteiger charge is 2.21. The Hall–Kier alpha value is -2.35. The lowest BCUT2D eigenvalue weighted by atomic mass is 10.1. The van der Waals surface area contributed by atoms with Crippen LogP contribution >= 0.6 is 0 Å². The summed E-state index contributed by atoms with van der Waals surface area (Å²) in [5.41, 5.74) is 1.16. The van der Waals surface area contributed by atoms with Gasteiger partial charge in [0.1, 0.15) is 6.42 Å². The van der Waals surface area contributed by atoms with Gasteiger partial charge in [-0.1, -0.05) is 30.3 Å². The minimum Gasteiger partial charge on any atom is -0.341 e. The van der Waals surface area contributed by atoms with Gasteiger partial charge in [0.15, 0.2) is 0 Å². The first-order chi connectivity index (χ1) is 10.7. The van der Waals surface area contributed by atoms with Crippen LogP contribution in [0.5, 0.6) is 0 Å². The maximum Gasteiger partial charge on any atom is 0.236 e. The Bertz CT molecular complexity index is 551. The van der Waals surface area contributed by atoms with Crippen molar-refractivity contribution in [2.45, 2.75) is 25.7 Å². The van der Waals surface area contributed by atoms with Crippen LogP contribution < -0.4 is 0 Å². The second-order valence-electron chi connectivity index (χ2n) is 5.44. The Kier molecular flexibility index (Phi) is 5.96. The minimum absolute atomic E-state index is 0.0814. The van der Waals surface area contributed by atoms with Gasteiger partial charge in [-0.3, -0.25) is 9.59 Å². The number of nitriles is 1. The Labute approximate surface area is 131 Å². The van der Waals surface area contributed by atoms with Gasteiger partial charge in [0.25, 0.3) is 0 Å². The Morgan fingerprint density at radius 3 is 2.27 bits per heavy atom. The van der Waals surface area contributed by atoms with Gasteiger partial charge in [-0.15, -0.1) is 0 Å². The molecule has 116 valence electrons. The average molecular weight is 299 g/mol. The molecule has 0 radical (unpaired) electrons. The smallest absolute Gasteiger partial charge is 0.236 e. The van der Waals surface area contributed by atoms with Crippen LogP contribution in [0.2, 0.25) is 0 Å². The second-order valence-corrected chi connectivity index (χ2v) is 5.44. The summed E-state index contributed by atoms with van der Waals surface area (Å²) in [6.07, 6.45) is 1.93. The number of aryl methyl sites for hydroxylation is 1. The molecule has 1 saturated heterocycles. The van der Waals surface area contributed by atoms with Crippen LogP contribution in [-0.2, 0) is 16.0 Å². The molecular formula is C17H21N3O2. The van der Waals surface area contributed by atoms with Crippen molar-refractivity contribution in [1.82, 2.24) is 9.80 Å². The molecule has 1 heterocycles. The van der Waals surface area contributed by atoms with Gasteiger partial charge >= 0.3 is 0 Å². The summed E-state index contributed by atoms with van der Waals surface area (Å²) in [5, 5.41) is 8.59. The predicted molar refractivity (Wildman–Crippen MR) is 82.8 cm³/mol. The van der Waals surface area contributed by atoms with Crippen LogP contribution in [0.4, 0.5) is 0 Å². The standard InChI is InChI=1S/C17H21N3O2/c18-10-9-17(22)20-12-4-11-19(13-14-20)16(21)8-7-15-5-2-1-3-6-15/h1-3,5-6H,4,7-9,11-14H2. The van der Waals surface area contributed by atoms with E-state index in [-0.39, 0.29) is 18.2 Å². The van der Waals surface area contributed by atoms with Crippen molar-refractivity contribution in [3.05, 3.63) is 35.9 Å². The summed E-state index contributed by atoms with van der Waals surface area (Å²) in [7, 11) is 0. The highest BCUT2D eigenvalue weighted by atomic mass is 16.2. The summed E-state index contributed by atoms with van der Waals surface area (Å²) in [6, 6.07) is 11.9. The van der Waals surface area contributed by atoms with Gasteiger partial charge in [0, 0.05) is 32.6 Å². The molecule has 0 aromatic heterocycles. The number of carbonyl (C=O) groups excluding carboxylic acids is 2. The molecular weight excluding hydrogens is 278 g/mol. The van der Waals surface area contributed by atoms with E-state index in [2.05, 4.69) is 0 Å². The van der Waals surface area contributed by atoms with Crippen LogP contribution in [0, 0.1) is 11.3 Å². The molecule has 22 heavy (non-hydrogen) atoms. The summed E-state index contributed by atoms with van der Waals surface area (Å²) in [4.78, 5) is 27.6. The van der Waals surface area contributed by atoms with E-state index in [0.29, 0.717) is 32.6 Å². The lowest BCUT2D eigenvalue weighted by Crippen LogP contribution is -2.37. The number of hydrogen-bond donors (Lipinski definition) is 0. The molecule has 2 rings (SSSR count). The zero-order chi connectivity index (χ0) is 15.8. The number of hydrogen-bond acceptors (Lipinski definition) is 3. The van der Waals surface area contributed by atoms with Crippen molar-refractivity contribution in [2.75, 3.05) is 26.2 Å². The molecule has 2 amide bonds. The predicted octanol–water partition coefficient (Wildman–Crippen LogP) is 1.59. The maximum absolute atomic E-state index is 12.3. The SMILES string of the molecule is N#CCC(=O)N1CCCN(C(=O)CCc2ccccc2)CC1. The fourth-order valence-electron chi connectivity index (χ4n) is 2.65. The highest BCUT2D eigenvalue weighted by molar-refractivity contribution is 5.79. The normalized spacial score (nSPS) is 15.0. The minimum atomic E-state index is -0.138. The number of rotatable bonds is 4. The van der Waals surface area contributed by atoms with E-state index in [0.717, 1.165) is 18.4 Å². The summed E-state index contributed by atoms with van der Waals surface area (Å²) in [5.74, 6) is -0.000445. The summed E-state index contributed by atoms with van der Waals surface area (Å²) < 4.78 is 0. The molecule has 0 bridgehead atoms. The van der Waals surface area contributed by atoms with Gasteiger partial charge in [-0.05, 0) is 18.4 Å². The fraction of sp³-hybridized carbons (Fsp3) is 0.471. The third kappa shape index (κ3) is 4.59. The zero-order valence-electron chi connectivity index (χ0n) is 12.7. The molecule has 1 aliphatic heterocycles. The molecule has 0 aliphatic carbocycles. The van der Waals surface area contributed by atoms with Gasteiger partial charge in [0.05, 0.1) is 6.07 Å². The third-order valence-electron chi connectivity index (χ3n) is 3.90. The number of amides is 2. The van der Waals surface area contributed by atoms with Crippen LogP contribution in [-0.4, -0.2) is 47.8 Å². The Balaban J connectivity index is 1.81. The van der Waals surface area contributed by atoms with E-state index in [1.807, 2.05) is 41.3 Å². The zero-order valence-corrected chi connectivity index (χ0v) is 12.7. The van der Waals surface area contributed by atoms with Gasteiger partial charge in [0.2, 0.25) is 11.8 Å². The van der Waals surface area contributed by atoms with Crippen LogP contribution in [0.1, 0.15) is 24.8 Å². The largest absolute Gasteiger partial charge is 0.341 e. The van der Waals surface area contributed by atoms with Crippen molar-refractivity contribution in [3.8, 4) is 6.07 Å². The van der Waals surface area contributed by atoms with Crippen LogP contribution in [0.25, 0.3) is 0 Å². The average Bonchev–Trinajstić information content (AvgIpc) is 2.80. The van der Waals surface area contributed by atoms with Crippen molar-refractivity contribution in [1.29, 1.82) is 5.26 Å². The van der Waals surface area contributed by atoms with Crippen LogP contribution in [0.15, 0.2) is 30.3 Å². The van der Waals surface area contributed by atoms with Gasteiger partial charge in [-0.2, -0.15) is 5.26 Å². The lowest BCUT2D eigenvalue weighted by Gasteiger charge is -2.21. The molecule has 1 aliphatic rings. The van der Waals surface area contributed by atoms with Crippen molar-refractivity contribution >= 4 is 11.8 Å². The Morgan fingerprint density at radius 2 is 1.64 bits per heavy atom. The van der Waals surface area contributed by atoms with Crippen LogP contribution in [0.3, 0.4) is 0 Å². The monoisotopic (exact) mass is 299 g/mol. The van der Waals surface area contributed by atoms with Gasteiger partial charge < -0.3 is 9.80 Å². The molecule has 5 nitrogen and oxygen atoms in total. The molecule has 1 fully saturated rings. The van der Waals surface area contributed by atoms with E-state index < -0.39 is 0 Å². The second kappa shape index (κ2) is 8.18. The van der Waals surface area contributed by atoms with Crippen molar-refractivity contribution < 1.29 is 9.59 Å². The van der Waals surface area contributed by atoms with E-state index in [1.54, 1.807) is 4.90 Å². The molecule has 1 aromatic carbocycles. The van der Waals surface area contributed by atoms with E-state index in [9.17, 15) is 9.59 Å². The molecule has 0 spiro atoms. The molecule has 0 unspecified atom stereocenters.